The van der Waals surface area contributed by atoms with Gasteiger partial charge in [0, 0.05) is 0 Å². The largest absolute Gasteiger partial charge is 0.393 e. The molecule has 17 heavy (non-hydrogen) atoms. The minimum atomic E-state index is -0.0872. The van der Waals surface area contributed by atoms with E-state index in [0.29, 0.717) is 5.92 Å². The van der Waals surface area contributed by atoms with Gasteiger partial charge in [0.15, 0.2) is 0 Å². The monoisotopic (exact) mass is 232 g/mol. The summed E-state index contributed by atoms with van der Waals surface area (Å²) < 4.78 is 0. The van der Waals surface area contributed by atoms with E-state index in [-0.39, 0.29) is 6.10 Å². The first-order chi connectivity index (χ1) is 8.25. The third-order valence-corrected chi connectivity index (χ3v) is 4.01. The van der Waals surface area contributed by atoms with Gasteiger partial charge in [-0.3, -0.25) is 0 Å². The minimum Gasteiger partial charge on any atom is -0.393 e. The van der Waals surface area contributed by atoms with Crippen LogP contribution < -0.4 is 0 Å². The van der Waals surface area contributed by atoms with Crippen molar-refractivity contribution in [2.24, 2.45) is 5.92 Å². The van der Waals surface area contributed by atoms with E-state index >= 15 is 0 Å². The van der Waals surface area contributed by atoms with Gasteiger partial charge in [-0.2, -0.15) is 0 Å². The lowest BCUT2D eigenvalue weighted by atomic mass is 9.83. The highest BCUT2D eigenvalue weighted by Gasteiger charge is 2.21. The molecule has 1 aromatic carbocycles. The normalized spacial score (nSPS) is 19.2. The van der Waals surface area contributed by atoms with Crippen molar-refractivity contribution in [3.8, 4) is 0 Å². The van der Waals surface area contributed by atoms with Crippen molar-refractivity contribution in [3.05, 3.63) is 35.4 Å². The van der Waals surface area contributed by atoms with Gasteiger partial charge in [-0.15, -0.1) is 0 Å². The number of aliphatic hydroxyl groups is 1. The molecule has 94 valence electrons. The summed E-state index contributed by atoms with van der Waals surface area (Å²) in [7, 11) is 0. The van der Waals surface area contributed by atoms with Gasteiger partial charge in [-0.1, -0.05) is 49.1 Å². The predicted octanol–water partition coefficient (Wildman–Crippen LogP) is 3.87. The van der Waals surface area contributed by atoms with Gasteiger partial charge in [0.1, 0.15) is 0 Å². The Bertz CT molecular complexity index is 339. The Morgan fingerprint density at radius 2 is 2.00 bits per heavy atom. The summed E-state index contributed by atoms with van der Waals surface area (Å²) in [6.07, 6.45) is 8.30. The van der Waals surface area contributed by atoms with Crippen molar-refractivity contribution in [1.82, 2.24) is 0 Å². The Kier molecular flexibility index (Phi) is 4.61. The van der Waals surface area contributed by atoms with E-state index in [1.165, 1.54) is 43.2 Å². The van der Waals surface area contributed by atoms with Crippen molar-refractivity contribution < 1.29 is 5.11 Å². The van der Waals surface area contributed by atoms with Crippen LogP contribution in [0.4, 0.5) is 0 Å². The Morgan fingerprint density at radius 3 is 2.71 bits per heavy atom. The summed E-state index contributed by atoms with van der Waals surface area (Å²) in [4.78, 5) is 0. The van der Waals surface area contributed by atoms with E-state index in [1.54, 1.807) is 0 Å². The number of aryl methyl sites for hydroxylation is 2. The first kappa shape index (κ1) is 12.6. The molecule has 2 rings (SSSR count). The fraction of sp³-hybridized carbons (Fsp3) is 0.625. The molecule has 0 spiro atoms. The fourth-order valence-corrected chi connectivity index (χ4v) is 2.94. The Morgan fingerprint density at radius 1 is 1.24 bits per heavy atom. The zero-order valence-electron chi connectivity index (χ0n) is 10.9. The molecule has 1 nitrogen and oxygen atoms in total. The smallest absolute Gasteiger partial charge is 0.0571 e. The Balaban J connectivity index is 1.80. The molecule has 1 saturated carbocycles. The third-order valence-electron chi connectivity index (χ3n) is 4.01. The van der Waals surface area contributed by atoms with Crippen LogP contribution in [0.1, 0.15) is 49.7 Å². The van der Waals surface area contributed by atoms with Gasteiger partial charge >= 0.3 is 0 Å². The molecule has 0 radical (unpaired) electrons. The summed E-state index contributed by atoms with van der Waals surface area (Å²) >= 11 is 0. The maximum Gasteiger partial charge on any atom is 0.0571 e. The molecule has 1 atom stereocenters. The molecular formula is C16H24O. The molecule has 1 aromatic rings. The van der Waals surface area contributed by atoms with Gasteiger partial charge in [0.05, 0.1) is 6.10 Å². The van der Waals surface area contributed by atoms with Crippen LogP contribution in [0.5, 0.6) is 0 Å². The van der Waals surface area contributed by atoms with Gasteiger partial charge in [0.25, 0.3) is 0 Å². The molecule has 0 saturated heterocycles. The van der Waals surface area contributed by atoms with E-state index in [9.17, 15) is 5.11 Å². The van der Waals surface area contributed by atoms with E-state index in [1.807, 2.05) is 0 Å². The molecule has 0 bridgehead atoms. The summed E-state index contributed by atoms with van der Waals surface area (Å²) in [6.45, 7) is 2.13. The number of benzene rings is 1. The highest BCUT2D eigenvalue weighted by Crippen LogP contribution is 2.28. The summed E-state index contributed by atoms with van der Waals surface area (Å²) in [5, 5.41) is 10.2. The van der Waals surface area contributed by atoms with Crippen LogP contribution >= 0.6 is 0 Å². The van der Waals surface area contributed by atoms with Crippen molar-refractivity contribution in [2.75, 3.05) is 0 Å². The number of rotatable bonds is 4. The second-order valence-electron chi connectivity index (χ2n) is 5.49. The molecule has 1 N–H and O–H groups in total. The van der Waals surface area contributed by atoms with E-state index in [2.05, 4.69) is 31.2 Å². The quantitative estimate of drug-likeness (QED) is 0.835. The summed E-state index contributed by atoms with van der Waals surface area (Å²) in [6, 6.07) is 8.63. The molecule has 1 unspecified atom stereocenters. The molecule has 0 aromatic heterocycles. The van der Waals surface area contributed by atoms with Gasteiger partial charge in [-0.05, 0) is 44.1 Å². The first-order valence-electron chi connectivity index (χ1n) is 6.99. The van der Waals surface area contributed by atoms with Crippen LogP contribution in [-0.4, -0.2) is 11.2 Å². The van der Waals surface area contributed by atoms with Crippen molar-refractivity contribution in [3.63, 3.8) is 0 Å². The van der Waals surface area contributed by atoms with Crippen molar-refractivity contribution in [2.45, 2.75) is 58.0 Å². The SMILES string of the molecule is Cc1cccc(CCC(O)C2CCCCC2)c1. The molecular weight excluding hydrogens is 208 g/mol. The van der Waals surface area contributed by atoms with E-state index < -0.39 is 0 Å². The Hall–Kier alpha value is -0.820. The molecule has 0 heterocycles. The maximum atomic E-state index is 10.2. The average molecular weight is 232 g/mol. The molecule has 1 fully saturated rings. The van der Waals surface area contributed by atoms with Crippen LogP contribution in [0.2, 0.25) is 0 Å². The van der Waals surface area contributed by atoms with Crippen LogP contribution in [0, 0.1) is 12.8 Å². The zero-order valence-corrected chi connectivity index (χ0v) is 10.9. The molecule has 0 aliphatic heterocycles. The lowest BCUT2D eigenvalue weighted by Crippen LogP contribution is -2.23. The minimum absolute atomic E-state index is 0.0872. The van der Waals surface area contributed by atoms with Crippen molar-refractivity contribution >= 4 is 0 Å². The van der Waals surface area contributed by atoms with Crippen LogP contribution in [0.15, 0.2) is 24.3 Å². The average Bonchev–Trinajstić information content (AvgIpc) is 2.37. The number of aliphatic hydroxyl groups excluding tert-OH is 1. The fourth-order valence-electron chi connectivity index (χ4n) is 2.94. The molecule has 1 aliphatic rings. The number of hydrogen-bond acceptors (Lipinski definition) is 1. The Labute approximate surface area is 105 Å². The van der Waals surface area contributed by atoms with Crippen molar-refractivity contribution in [1.29, 1.82) is 0 Å². The molecule has 1 heteroatoms. The van der Waals surface area contributed by atoms with Gasteiger partial charge in [0.2, 0.25) is 0 Å². The van der Waals surface area contributed by atoms with Crippen LogP contribution in [-0.2, 0) is 6.42 Å². The third kappa shape index (κ3) is 3.85. The van der Waals surface area contributed by atoms with E-state index in [4.69, 9.17) is 0 Å². The standard InChI is InChI=1S/C16H24O/c1-13-6-5-7-14(12-13)10-11-16(17)15-8-3-2-4-9-15/h5-7,12,15-17H,2-4,8-11H2,1H3. The number of hydrogen-bond donors (Lipinski definition) is 1. The molecule has 1 aliphatic carbocycles. The predicted molar refractivity (Wildman–Crippen MR) is 72.1 cm³/mol. The highest BCUT2D eigenvalue weighted by molar-refractivity contribution is 5.22. The lowest BCUT2D eigenvalue weighted by molar-refractivity contribution is 0.0775. The highest BCUT2D eigenvalue weighted by atomic mass is 16.3. The summed E-state index contributed by atoms with van der Waals surface area (Å²) in [5.74, 6) is 0.563. The first-order valence-corrected chi connectivity index (χ1v) is 6.99. The van der Waals surface area contributed by atoms with Crippen LogP contribution in [0.25, 0.3) is 0 Å². The van der Waals surface area contributed by atoms with E-state index in [0.717, 1.165) is 12.8 Å². The summed E-state index contributed by atoms with van der Waals surface area (Å²) in [5.41, 5.74) is 2.68. The second-order valence-corrected chi connectivity index (χ2v) is 5.49. The zero-order chi connectivity index (χ0) is 12.1. The van der Waals surface area contributed by atoms with Gasteiger partial charge in [-0.25, -0.2) is 0 Å². The second kappa shape index (κ2) is 6.20. The van der Waals surface area contributed by atoms with Crippen LogP contribution in [0.3, 0.4) is 0 Å². The lowest BCUT2D eigenvalue weighted by Gasteiger charge is -2.26. The topological polar surface area (TPSA) is 20.2 Å². The maximum absolute atomic E-state index is 10.2. The molecule has 0 amide bonds. The van der Waals surface area contributed by atoms with Gasteiger partial charge < -0.3 is 5.11 Å².